The Balaban J connectivity index is 4.04. The van der Waals surface area contributed by atoms with Crippen LogP contribution >= 0.6 is 11.6 Å². The summed E-state index contributed by atoms with van der Waals surface area (Å²) in [6, 6.07) is 1.88. The van der Waals surface area contributed by atoms with Crippen LogP contribution in [0.15, 0.2) is 0 Å². The van der Waals surface area contributed by atoms with Crippen LogP contribution in [-0.2, 0) is 9.47 Å². The molecule has 1 atom stereocenters. The summed E-state index contributed by atoms with van der Waals surface area (Å²) in [7, 11) is 1.22. The fourth-order valence-corrected chi connectivity index (χ4v) is 0.615. The normalized spacial score (nSPS) is 12.8. The molecule has 0 bridgehead atoms. The highest BCUT2D eigenvalue weighted by molar-refractivity contribution is 6.22. The van der Waals surface area contributed by atoms with E-state index in [1.807, 2.05) is 6.07 Å². The van der Waals surface area contributed by atoms with E-state index >= 15 is 0 Å². The minimum Gasteiger partial charge on any atom is -0.438 e. The van der Waals surface area contributed by atoms with E-state index < -0.39 is 16.9 Å². The molecule has 0 aromatic heterocycles. The number of ether oxygens (including phenoxy) is 2. The molecule has 0 radical (unpaired) electrons. The number of halogens is 1. The van der Waals surface area contributed by atoms with E-state index in [1.54, 1.807) is 13.8 Å². The van der Waals surface area contributed by atoms with Crippen LogP contribution in [-0.4, -0.2) is 25.2 Å². The van der Waals surface area contributed by atoms with Gasteiger partial charge in [0.05, 0.1) is 13.2 Å². The van der Waals surface area contributed by atoms with Crippen LogP contribution in [0.5, 0.6) is 0 Å². The number of methoxy groups -OCH3 is 1. The highest BCUT2D eigenvalue weighted by Crippen LogP contribution is 2.25. The van der Waals surface area contributed by atoms with Gasteiger partial charge in [0.15, 0.2) is 0 Å². The van der Waals surface area contributed by atoms with Crippen LogP contribution in [0, 0.1) is 16.7 Å². The second kappa shape index (κ2) is 4.93. The summed E-state index contributed by atoms with van der Waals surface area (Å²) in [6.07, 6.45) is -0.769. The fourth-order valence-electron chi connectivity index (χ4n) is 0.552. The molecule has 74 valence electrons. The Kier molecular flexibility index (Phi) is 4.57. The first-order chi connectivity index (χ1) is 5.94. The van der Waals surface area contributed by atoms with Gasteiger partial charge in [-0.05, 0) is 0 Å². The fraction of sp³-hybridized carbons (Fsp3) is 0.750. The predicted molar refractivity (Wildman–Crippen MR) is 47.4 cm³/mol. The van der Waals surface area contributed by atoms with Crippen molar-refractivity contribution in [2.45, 2.75) is 19.2 Å². The maximum atomic E-state index is 10.6. The van der Waals surface area contributed by atoms with E-state index in [0.29, 0.717) is 0 Å². The Hall–Kier alpha value is -0.950. The van der Waals surface area contributed by atoms with Crippen molar-refractivity contribution in [3.63, 3.8) is 0 Å². The lowest BCUT2D eigenvalue weighted by Crippen LogP contribution is -2.30. The maximum Gasteiger partial charge on any atom is 0.507 e. The third-order valence-electron chi connectivity index (χ3n) is 1.53. The number of hydrogen-bond acceptors (Lipinski definition) is 4. The summed E-state index contributed by atoms with van der Waals surface area (Å²) < 4.78 is 8.95. The number of carbonyl (C=O) groups excluding carboxylic acids is 1. The van der Waals surface area contributed by atoms with Crippen molar-refractivity contribution in [3.05, 3.63) is 0 Å². The maximum absolute atomic E-state index is 10.6. The molecule has 0 aliphatic rings. The SMILES string of the molecule is COC(=O)OCC(C)(C)C(Cl)C#N. The first-order valence-corrected chi connectivity index (χ1v) is 4.12. The molecule has 0 saturated carbocycles. The second-order valence-electron chi connectivity index (χ2n) is 3.22. The molecule has 0 amide bonds. The van der Waals surface area contributed by atoms with Crippen molar-refractivity contribution in [2.24, 2.45) is 5.41 Å². The molecule has 0 aromatic rings. The number of rotatable bonds is 3. The molecule has 0 rings (SSSR count). The summed E-state index contributed by atoms with van der Waals surface area (Å²) in [5.74, 6) is 0. The van der Waals surface area contributed by atoms with Gasteiger partial charge in [-0.15, -0.1) is 11.6 Å². The average molecular weight is 206 g/mol. The first-order valence-electron chi connectivity index (χ1n) is 3.68. The van der Waals surface area contributed by atoms with Crippen LogP contribution in [0.1, 0.15) is 13.8 Å². The van der Waals surface area contributed by atoms with Gasteiger partial charge in [-0.3, -0.25) is 0 Å². The summed E-state index contributed by atoms with van der Waals surface area (Å²) in [6.45, 7) is 3.52. The zero-order chi connectivity index (χ0) is 10.5. The van der Waals surface area contributed by atoms with Gasteiger partial charge in [0.2, 0.25) is 0 Å². The third kappa shape index (κ3) is 4.00. The lowest BCUT2D eigenvalue weighted by molar-refractivity contribution is 0.0447. The Morgan fingerprint density at radius 1 is 1.69 bits per heavy atom. The minimum absolute atomic E-state index is 0.0569. The number of nitriles is 1. The Labute approximate surface area is 82.4 Å². The van der Waals surface area contributed by atoms with Crippen molar-refractivity contribution in [1.82, 2.24) is 0 Å². The van der Waals surface area contributed by atoms with Crippen LogP contribution in [0.3, 0.4) is 0 Å². The van der Waals surface area contributed by atoms with Crippen molar-refractivity contribution >= 4 is 17.8 Å². The predicted octanol–water partition coefficient (Wildman–Crippen LogP) is 1.93. The number of nitrogens with zero attached hydrogens (tertiary/aromatic N) is 1. The lowest BCUT2D eigenvalue weighted by Gasteiger charge is -2.24. The van der Waals surface area contributed by atoms with E-state index in [-0.39, 0.29) is 6.61 Å². The molecule has 5 heteroatoms. The number of alkyl halides is 1. The van der Waals surface area contributed by atoms with Gasteiger partial charge in [-0.2, -0.15) is 5.26 Å². The highest BCUT2D eigenvalue weighted by Gasteiger charge is 2.29. The molecule has 1 unspecified atom stereocenters. The van der Waals surface area contributed by atoms with E-state index in [2.05, 4.69) is 9.47 Å². The first kappa shape index (κ1) is 12.0. The van der Waals surface area contributed by atoms with Crippen molar-refractivity contribution in [1.29, 1.82) is 5.26 Å². The van der Waals surface area contributed by atoms with Gasteiger partial charge in [0, 0.05) is 5.41 Å². The molecule has 0 aliphatic heterocycles. The molecular formula is C8H12ClNO3. The van der Waals surface area contributed by atoms with Crippen molar-refractivity contribution in [2.75, 3.05) is 13.7 Å². The van der Waals surface area contributed by atoms with Crippen LogP contribution < -0.4 is 0 Å². The molecule has 0 aliphatic carbocycles. The van der Waals surface area contributed by atoms with Crippen LogP contribution in [0.25, 0.3) is 0 Å². The third-order valence-corrected chi connectivity index (χ3v) is 2.22. The standard InChI is InChI=1S/C8H12ClNO3/c1-8(2,6(9)4-10)5-13-7(11)12-3/h6H,5H2,1-3H3. The van der Waals surface area contributed by atoms with Gasteiger partial charge in [-0.1, -0.05) is 13.8 Å². The summed E-state index contributed by atoms with van der Waals surface area (Å²) in [5.41, 5.74) is -0.579. The topological polar surface area (TPSA) is 59.3 Å². The Morgan fingerprint density at radius 3 is 2.62 bits per heavy atom. The largest absolute Gasteiger partial charge is 0.507 e. The van der Waals surface area contributed by atoms with Crippen molar-refractivity contribution < 1.29 is 14.3 Å². The van der Waals surface area contributed by atoms with E-state index in [4.69, 9.17) is 16.9 Å². The number of carbonyl (C=O) groups is 1. The molecule has 13 heavy (non-hydrogen) atoms. The molecule has 0 heterocycles. The van der Waals surface area contributed by atoms with Gasteiger partial charge >= 0.3 is 6.16 Å². The average Bonchev–Trinajstić information content (AvgIpc) is 2.12. The highest BCUT2D eigenvalue weighted by atomic mass is 35.5. The summed E-state index contributed by atoms with van der Waals surface area (Å²) >= 11 is 5.69. The van der Waals surface area contributed by atoms with E-state index in [1.165, 1.54) is 7.11 Å². The van der Waals surface area contributed by atoms with Gasteiger partial charge < -0.3 is 9.47 Å². The number of hydrogen-bond donors (Lipinski definition) is 0. The zero-order valence-electron chi connectivity index (χ0n) is 7.83. The quantitative estimate of drug-likeness (QED) is 0.522. The monoisotopic (exact) mass is 205 g/mol. The smallest absolute Gasteiger partial charge is 0.438 e. The summed E-state index contributed by atoms with van der Waals surface area (Å²) in [4.78, 5) is 10.6. The molecule has 4 nitrogen and oxygen atoms in total. The van der Waals surface area contributed by atoms with Gasteiger partial charge in [0.1, 0.15) is 12.0 Å². The molecule has 0 fully saturated rings. The Morgan fingerprint density at radius 2 is 2.23 bits per heavy atom. The van der Waals surface area contributed by atoms with Gasteiger partial charge in [-0.25, -0.2) is 4.79 Å². The Bertz CT molecular complexity index is 222. The van der Waals surface area contributed by atoms with Crippen LogP contribution in [0.2, 0.25) is 0 Å². The van der Waals surface area contributed by atoms with Crippen molar-refractivity contribution in [3.8, 4) is 6.07 Å². The molecule has 0 saturated heterocycles. The molecule has 0 N–H and O–H groups in total. The zero-order valence-corrected chi connectivity index (χ0v) is 8.59. The second-order valence-corrected chi connectivity index (χ2v) is 3.66. The molecule has 0 spiro atoms. The van der Waals surface area contributed by atoms with E-state index in [9.17, 15) is 4.79 Å². The summed E-state index contributed by atoms with van der Waals surface area (Å²) in [5, 5.41) is 7.84. The lowest BCUT2D eigenvalue weighted by atomic mass is 9.91. The minimum atomic E-state index is -0.769. The molecular weight excluding hydrogens is 194 g/mol. The van der Waals surface area contributed by atoms with Crippen LogP contribution in [0.4, 0.5) is 4.79 Å². The molecule has 0 aromatic carbocycles. The van der Waals surface area contributed by atoms with E-state index in [0.717, 1.165) is 0 Å². The van der Waals surface area contributed by atoms with Gasteiger partial charge in [0.25, 0.3) is 0 Å².